The molecule has 1 aliphatic rings. The standard InChI is InChI=1S/C24H20N2O4/c1-2-30-19-12-10-16(11-13-19)21-20(22(27)17-7-4-3-5-8-17)23(28)24(29)26(21)18-9-6-14-25-15-18/h3-15,21,27H,2H2,1H3/b22-20+. The van der Waals surface area contributed by atoms with E-state index >= 15 is 0 Å². The van der Waals surface area contributed by atoms with Crippen molar-refractivity contribution in [3.05, 3.63) is 95.8 Å². The molecule has 0 radical (unpaired) electrons. The molecule has 2 aromatic carbocycles. The molecule has 1 fully saturated rings. The molecule has 2 heterocycles. The molecule has 3 aromatic rings. The summed E-state index contributed by atoms with van der Waals surface area (Å²) < 4.78 is 5.50. The fraction of sp³-hybridized carbons (Fsp3) is 0.125. The summed E-state index contributed by atoms with van der Waals surface area (Å²) in [5.74, 6) is -0.972. The van der Waals surface area contributed by atoms with Gasteiger partial charge in [0.1, 0.15) is 11.5 Å². The van der Waals surface area contributed by atoms with Crippen molar-refractivity contribution in [1.29, 1.82) is 0 Å². The number of nitrogens with zero attached hydrogens (tertiary/aromatic N) is 2. The summed E-state index contributed by atoms with van der Waals surface area (Å²) >= 11 is 0. The summed E-state index contributed by atoms with van der Waals surface area (Å²) in [4.78, 5) is 31.4. The van der Waals surface area contributed by atoms with E-state index in [4.69, 9.17) is 4.74 Å². The van der Waals surface area contributed by atoms with Crippen LogP contribution < -0.4 is 9.64 Å². The van der Waals surface area contributed by atoms with Crippen LogP contribution in [0.2, 0.25) is 0 Å². The van der Waals surface area contributed by atoms with Gasteiger partial charge in [-0.05, 0) is 36.8 Å². The van der Waals surface area contributed by atoms with Gasteiger partial charge in [-0.2, -0.15) is 0 Å². The highest BCUT2D eigenvalue weighted by atomic mass is 16.5. The maximum Gasteiger partial charge on any atom is 0.300 e. The Kier molecular flexibility index (Phi) is 5.30. The number of ketones is 1. The van der Waals surface area contributed by atoms with Gasteiger partial charge >= 0.3 is 0 Å². The minimum absolute atomic E-state index is 0.0409. The van der Waals surface area contributed by atoms with Gasteiger partial charge in [-0.1, -0.05) is 42.5 Å². The summed E-state index contributed by atoms with van der Waals surface area (Å²) in [6.45, 7) is 2.42. The molecule has 1 amide bonds. The topological polar surface area (TPSA) is 79.7 Å². The molecule has 0 bridgehead atoms. The van der Waals surface area contributed by atoms with Crippen molar-refractivity contribution < 1.29 is 19.4 Å². The van der Waals surface area contributed by atoms with Crippen LogP contribution in [0.5, 0.6) is 5.75 Å². The minimum atomic E-state index is -0.787. The van der Waals surface area contributed by atoms with Crippen molar-refractivity contribution in [2.24, 2.45) is 0 Å². The Morgan fingerprint density at radius 3 is 2.40 bits per heavy atom. The van der Waals surface area contributed by atoms with Gasteiger partial charge in [-0.3, -0.25) is 19.5 Å². The lowest BCUT2D eigenvalue weighted by molar-refractivity contribution is -0.132. The van der Waals surface area contributed by atoms with Crippen LogP contribution in [0.15, 0.2) is 84.7 Å². The van der Waals surface area contributed by atoms with Crippen LogP contribution in [0.3, 0.4) is 0 Å². The molecular weight excluding hydrogens is 380 g/mol. The zero-order valence-corrected chi connectivity index (χ0v) is 16.4. The number of ether oxygens (including phenoxy) is 1. The van der Waals surface area contributed by atoms with E-state index in [0.717, 1.165) is 0 Å². The van der Waals surface area contributed by atoms with E-state index in [1.54, 1.807) is 66.9 Å². The zero-order chi connectivity index (χ0) is 21.1. The fourth-order valence-corrected chi connectivity index (χ4v) is 3.58. The molecule has 1 aromatic heterocycles. The molecule has 1 N–H and O–H groups in total. The van der Waals surface area contributed by atoms with E-state index < -0.39 is 17.7 Å². The third-order valence-electron chi connectivity index (χ3n) is 4.92. The Bertz CT molecular complexity index is 1090. The fourth-order valence-electron chi connectivity index (χ4n) is 3.58. The number of amides is 1. The van der Waals surface area contributed by atoms with Gasteiger partial charge in [0.25, 0.3) is 11.7 Å². The number of benzene rings is 2. The predicted molar refractivity (Wildman–Crippen MR) is 113 cm³/mol. The number of aliphatic hydroxyl groups is 1. The first-order valence-corrected chi connectivity index (χ1v) is 9.61. The lowest BCUT2D eigenvalue weighted by Gasteiger charge is -2.25. The lowest BCUT2D eigenvalue weighted by atomic mass is 9.95. The molecular formula is C24H20N2O4. The molecule has 150 valence electrons. The first-order chi connectivity index (χ1) is 14.6. The maximum absolute atomic E-state index is 13.0. The van der Waals surface area contributed by atoms with Crippen LogP contribution in [0.1, 0.15) is 24.1 Å². The van der Waals surface area contributed by atoms with Gasteiger partial charge in [0.15, 0.2) is 0 Å². The van der Waals surface area contributed by atoms with E-state index in [9.17, 15) is 14.7 Å². The first-order valence-electron chi connectivity index (χ1n) is 9.61. The van der Waals surface area contributed by atoms with Crippen molar-refractivity contribution in [2.45, 2.75) is 13.0 Å². The monoisotopic (exact) mass is 400 g/mol. The number of hydrogen-bond acceptors (Lipinski definition) is 5. The number of anilines is 1. The van der Waals surface area contributed by atoms with Gasteiger partial charge in [0.2, 0.25) is 0 Å². The number of aliphatic hydroxyl groups excluding tert-OH is 1. The normalized spacial score (nSPS) is 17.9. The third-order valence-corrected chi connectivity index (χ3v) is 4.92. The van der Waals surface area contributed by atoms with E-state index in [2.05, 4.69) is 4.98 Å². The molecule has 1 saturated heterocycles. The number of aromatic nitrogens is 1. The third kappa shape index (κ3) is 3.43. The second kappa shape index (κ2) is 8.21. The zero-order valence-electron chi connectivity index (χ0n) is 16.4. The average molecular weight is 400 g/mol. The molecule has 6 nitrogen and oxygen atoms in total. The number of carbonyl (C=O) groups is 2. The molecule has 0 aliphatic carbocycles. The van der Waals surface area contributed by atoms with Crippen LogP contribution in [0.25, 0.3) is 5.76 Å². The van der Waals surface area contributed by atoms with Gasteiger partial charge < -0.3 is 9.84 Å². The number of rotatable bonds is 5. The Labute approximate surface area is 174 Å². The quantitative estimate of drug-likeness (QED) is 0.396. The summed E-state index contributed by atoms with van der Waals surface area (Å²) in [5.41, 5.74) is 1.67. The molecule has 1 aliphatic heterocycles. The molecule has 1 unspecified atom stereocenters. The highest BCUT2D eigenvalue weighted by Crippen LogP contribution is 2.42. The van der Waals surface area contributed by atoms with Crippen molar-refractivity contribution >= 4 is 23.1 Å². The van der Waals surface area contributed by atoms with Crippen LogP contribution in [0, 0.1) is 0 Å². The smallest absolute Gasteiger partial charge is 0.300 e. The molecule has 4 rings (SSSR count). The maximum atomic E-state index is 13.0. The van der Waals surface area contributed by atoms with E-state index in [0.29, 0.717) is 29.2 Å². The number of hydrogen-bond donors (Lipinski definition) is 1. The van der Waals surface area contributed by atoms with E-state index in [1.807, 2.05) is 13.0 Å². The molecule has 6 heteroatoms. The van der Waals surface area contributed by atoms with Gasteiger partial charge in [0.05, 0.1) is 30.1 Å². The van der Waals surface area contributed by atoms with Crippen LogP contribution >= 0.6 is 0 Å². The van der Waals surface area contributed by atoms with Crippen molar-refractivity contribution in [2.75, 3.05) is 11.5 Å². The molecule has 30 heavy (non-hydrogen) atoms. The lowest BCUT2D eigenvalue weighted by Crippen LogP contribution is -2.29. The second-order valence-electron chi connectivity index (χ2n) is 6.75. The number of Topliss-reactive ketones (excluding diaryl/α,β-unsaturated/α-hetero) is 1. The number of pyridine rings is 1. The number of carbonyl (C=O) groups excluding carboxylic acids is 2. The van der Waals surface area contributed by atoms with Crippen molar-refractivity contribution in [3.63, 3.8) is 0 Å². The first kappa shape index (κ1) is 19.4. The van der Waals surface area contributed by atoms with Crippen LogP contribution in [-0.2, 0) is 9.59 Å². The predicted octanol–water partition coefficient (Wildman–Crippen LogP) is 4.11. The Hall–Kier alpha value is -3.93. The van der Waals surface area contributed by atoms with Gasteiger partial charge in [-0.25, -0.2) is 0 Å². The molecule has 0 saturated carbocycles. The Balaban J connectivity index is 1.90. The Morgan fingerprint density at radius 2 is 1.77 bits per heavy atom. The second-order valence-corrected chi connectivity index (χ2v) is 6.75. The molecule has 0 spiro atoms. The summed E-state index contributed by atoms with van der Waals surface area (Å²) in [6.07, 6.45) is 3.12. The van der Waals surface area contributed by atoms with Crippen LogP contribution in [0.4, 0.5) is 5.69 Å². The summed E-state index contributed by atoms with van der Waals surface area (Å²) in [7, 11) is 0. The Morgan fingerprint density at radius 1 is 1.03 bits per heavy atom. The minimum Gasteiger partial charge on any atom is -0.507 e. The van der Waals surface area contributed by atoms with Crippen molar-refractivity contribution in [1.82, 2.24) is 4.98 Å². The SMILES string of the molecule is CCOc1ccc(C2/C(=C(\O)c3ccccc3)C(=O)C(=O)N2c2cccnc2)cc1. The van der Waals surface area contributed by atoms with Crippen LogP contribution in [-0.4, -0.2) is 28.4 Å². The average Bonchev–Trinajstić information content (AvgIpc) is 3.06. The summed E-state index contributed by atoms with van der Waals surface area (Å²) in [6, 6.07) is 18.5. The molecule has 1 atom stereocenters. The van der Waals surface area contributed by atoms with Gasteiger partial charge in [0, 0.05) is 11.8 Å². The van der Waals surface area contributed by atoms with E-state index in [1.165, 1.54) is 11.1 Å². The van der Waals surface area contributed by atoms with Crippen molar-refractivity contribution in [3.8, 4) is 5.75 Å². The highest BCUT2D eigenvalue weighted by Gasteiger charge is 2.47. The van der Waals surface area contributed by atoms with E-state index in [-0.39, 0.29) is 11.3 Å². The largest absolute Gasteiger partial charge is 0.507 e. The highest BCUT2D eigenvalue weighted by molar-refractivity contribution is 6.51. The van der Waals surface area contributed by atoms with Gasteiger partial charge in [-0.15, -0.1) is 0 Å². The summed E-state index contributed by atoms with van der Waals surface area (Å²) in [5, 5.41) is 11.0.